The monoisotopic (exact) mass is 397 g/mol. The third-order valence-corrected chi connectivity index (χ3v) is 5.79. The molecule has 2 aromatic carbocycles. The van der Waals surface area contributed by atoms with Crippen molar-refractivity contribution in [1.82, 2.24) is 20.2 Å². The SMILES string of the molecule is Nn1c(Cc2cccc3ccccc23)nnc1SCC(=O)NC[C@H]1CCCO1. The number of nitrogens with two attached hydrogens (primary N) is 1. The van der Waals surface area contributed by atoms with Crippen LogP contribution in [0.15, 0.2) is 47.6 Å². The van der Waals surface area contributed by atoms with Crippen LogP contribution in [-0.4, -0.2) is 45.8 Å². The summed E-state index contributed by atoms with van der Waals surface area (Å²) in [5.41, 5.74) is 1.14. The lowest BCUT2D eigenvalue weighted by molar-refractivity contribution is -0.119. The standard InChI is InChI=1S/C20H23N5O2S/c21-25-18(11-15-7-3-6-14-5-1-2-9-17(14)15)23-24-20(25)28-13-19(26)22-12-16-8-4-10-27-16/h1-3,5-7,9,16H,4,8,10-13,21H2,(H,22,26)/t16-/m1/s1. The normalized spacial score (nSPS) is 16.5. The first-order valence-corrected chi connectivity index (χ1v) is 10.4. The largest absolute Gasteiger partial charge is 0.376 e. The maximum Gasteiger partial charge on any atom is 0.230 e. The first kappa shape index (κ1) is 18.8. The minimum absolute atomic E-state index is 0.0564. The first-order valence-electron chi connectivity index (χ1n) is 9.38. The van der Waals surface area contributed by atoms with Gasteiger partial charge in [-0.3, -0.25) is 4.79 Å². The Morgan fingerprint density at radius 1 is 1.25 bits per heavy atom. The number of hydrogen-bond donors (Lipinski definition) is 2. The number of fused-ring (bicyclic) bond motifs is 1. The highest BCUT2D eigenvalue weighted by atomic mass is 32.2. The fourth-order valence-electron chi connectivity index (χ4n) is 3.36. The highest BCUT2D eigenvalue weighted by Crippen LogP contribution is 2.22. The average Bonchev–Trinajstić information content (AvgIpc) is 3.36. The van der Waals surface area contributed by atoms with Gasteiger partial charge in [0.15, 0.2) is 5.82 Å². The summed E-state index contributed by atoms with van der Waals surface area (Å²) >= 11 is 1.28. The van der Waals surface area contributed by atoms with Gasteiger partial charge in [0, 0.05) is 19.6 Å². The maximum atomic E-state index is 12.0. The van der Waals surface area contributed by atoms with Crippen LogP contribution in [0, 0.1) is 0 Å². The van der Waals surface area contributed by atoms with Gasteiger partial charge in [-0.1, -0.05) is 54.2 Å². The number of carbonyl (C=O) groups excluding carboxylic acids is 1. The summed E-state index contributed by atoms with van der Waals surface area (Å²) < 4.78 is 6.98. The molecule has 1 atom stereocenters. The molecule has 1 aliphatic rings. The number of nitrogens with zero attached hydrogens (tertiary/aromatic N) is 3. The van der Waals surface area contributed by atoms with Gasteiger partial charge in [-0.25, -0.2) is 4.68 Å². The van der Waals surface area contributed by atoms with Crippen LogP contribution in [0.1, 0.15) is 24.2 Å². The number of amides is 1. The van der Waals surface area contributed by atoms with E-state index in [2.05, 4.69) is 39.8 Å². The van der Waals surface area contributed by atoms with Crippen LogP contribution in [0.5, 0.6) is 0 Å². The Morgan fingerprint density at radius 2 is 2.11 bits per heavy atom. The van der Waals surface area contributed by atoms with E-state index in [0.29, 0.717) is 23.9 Å². The molecule has 1 fully saturated rings. The van der Waals surface area contributed by atoms with Gasteiger partial charge in [0.2, 0.25) is 11.1 Å². The van der Waals surface area contributed by atoms with E-state index in [1.54, 1.807) is 0 Å². The molecule has 0 spiro atoms. The van der Waals surface area contributed by atoms with E-state index in [0.717, 1.165) is 25.0 Å². The molecule has 1 aromatic heterocycles. The Morgan fingerprint density at radius 3 is 2.96 bits per heavy atom. The van der Waals surface area contributed by atoms with Gasteiger partial charge >= 0.3 is 0 Å². The fraction of sp³-hybridized carbons (Fsp3) is 0.350. The molecule has 8 heteroatoms. The van der Waals surface area contributed by atoms with Crippen molar-refractivity contribution in [3.63, 3.8) is 0 Å². The van der Waals surface area contributed by atoms with Crippen molar-refractivity contribution >= 4 is 28.4 Å². The summed E-state index contributed by atoms with van der Waals surface area (Å²) in [6.07, 6.45) is 2.78. The molecule has 0 saturated carbocycles. The zero-order valence-electron chi connectivity index (χ0n) is 15.5. The van der Waals surface area contributed by atoms with Crippen LogP contribution in [0.4, 0.5) is 0 Å². The van der Waals surface area contributed by atoms with Crippen molar-refractivity contribution < 1.29 is 9.53 Å². The first-order chi connectivity index (χ1) is 13.7. The molecule has 0 unspecified atom stereocenters. The van der Waals surface area contributed by atoms with E-state index < -0.39 is 0 Å². The molecule has 4 rings (SSSR count). The summed E-state index contributed by atoms with van der Waals surface area (Å²) in [6, 6.07) is 14.4. The van der Waals surface area contributed by atoms with Gasteiger partial charge in [-0.05, 0) is 29.2 Å². The maximum absolute atomic E-state index is 12.0. The fourth-order valence-corrected chi connectivity index (χ4v) is 4.06. The molecule has 7 nitrogen and oxygen atoms in total. The Hall–Kier alpha value is -2.58. The van der Waals surface area contributed by atoms with Gasteiger partial charge in [-0.15, -0.1) is 10.2 Å². The lowest BCUT2D eigenvalue weighted by atomic mass is 10.0. The summed E-state index contributed by atoms with van der Waals surface area (Å²) in [4.78, 5) is 12.0. The number of rotatable bonds is 7. The van der Waals surface area contributed by atoms with E-state index in [-0.39, 0.29) is 17.8 Å². The summed E-state index contributed by atoms with van der Waals surface area (Å²) in [5.74, 6) is 7.03. The van der Waals surface area contributed by atoms with Crippen LogP contribution in [0.25, 0.3) is 10.8 Å². The Labute approximate surface area is 167 Å². The van der Waals surface area contributed by atoms with E-state index in [1.807, 2.05) is 18.2 Å². The van der Waals surface area contributed by atoms with E-state index in [4.69, 9.17) is 10.6 Å². The highest BCUT2D eigenvalue weighted by Gasteiger charge is 2.17. The molecule has 1 aliphatic heterocycles. The predicted octanol–water partition coefficient (Wildman–Crippen LogP) is 2.12. The number of hydrogen-bond acceptors (Lipinski definition) is 6. The second kappa shape index (κ2) is 8.62. The second-order valence-electron chi connectivity index (χ2n) is 6.81. The number of thioether (sulfide) groups is 1. The Kier molecular flexibility index (Phi) is 5.78. The van der Waals surface area contributed by atoms with Gasteiger partial charge in [-0.2, -0.15) is 0 Å². The molecule has 0 aliphatic carbocycles. The lowest BCUT2D eigenvalue weighted by Gasteiger charge is -2.10. The number of nitrogen functional groups attached to an aromatic ring is 1. The third kappa shape index (κ3) is 4.28. The van der Waals surface area contributed by atoms with Crippen LogP contribution in [0.2, 0.25) is 0 Å². The van der Waals surface area contributed by atoms with Gasteiger partial charge in [0.1, 0.15) is 0 Å². The molecule has 3 aromatic rings. The van der Waals surface area contributed by atoms with Gasteiger partial charge in [0.25, 0.3) is 0 Å². The van der Waals surface area contributed by atoms with Crippen LogP contribution in [-0.2, 0) is 16.0 Å². The van der Waals surface area contributed by atoms with Crippen molar-refractivity contribution in [3.8, 4) is 0 Å². The summed E-state index contributed by atoms with van der Waals surface area (Å²) in [6.45, 7) is 1.34. The van der Waals surface area contributed by atoms with Gasteiger partial charge in [0.05, 0.1) is 11.9 Å². The average molecular weight is 398 g/mol. The molecule has 1 amide bonds. The van der Waals surface area contributed by atoms with E-state index >= 15 is 0 Å². The smallest absolute Gasteiger partial charge is 0.230 e. The van der Waals surface area contributed by atoms with Crippen LogP contribution >= 0.6 is 11.8 Å². The third-order valence-electron chi connectivity index (χ3n) is 4.85. The zero-order chi connectivity index (χ0) is 19.3. The molecular formula is C20H23N5O2S. The number of aromatic nitrogens is 3. The molecule has 146 valence electrons. The summed E-state index contributed by atoms with van der Waals surface area (Å²) in [5, 5.41) is 14.2. The zero-order valence-corrected chi connectivity index (χ0v) is 16.3. The number of carbonyl (C=O) groups is 1. The molecular weight excluding hydrogens is 374 g/mol. The predicted molar refractivity (Wildman–Crippen MR) is 110 cm³/mol. The number of benzene rings is 2. The molecule has 28 heavy (non-hydrogen) atoms. The van der Waals surface area contributed by atoms with E-state index in [9.17, 15) is 4.79 Å². The molecule has 3 N–H and O–H groups in total. The minimum Gasteiger partial charge on any atom is -0.376 e. The topological polar surface area (TPSA) is 95.1 Å². The van der Waals surface area contributed by atoms with Crippen molar-refractivity contribution in [2.45, 2.75) is 30.5 Å². The molecule has 0 radical (unpaired) electrons. The van der Waals surface area contributed by atoms with Crippen molar-refractivity contribution in [2.24, 2.45) is 0 Å². The molecule has 0 bridgehead atoms. The lowest BCUT2D eigenvalue weighted by Crippen LogP contribution is -2.33. The Bertz CT molecular complexity index is 963. The van der Waals surface area contributed by atoms with Crippen molar-refractivity contribution in [3.05, 3.63) is 53.9 Å². The van der Waals surface area contributed by atoms with Gasteiger partial charge < -0.3 is 15.9 Å². The second-order valence-corrected chi connectivity index (χ2v) is 7.75. The molecule has 1 saturated heterocycles. The highest BCUT2D eigenvalue weighted by molar-refractivity contribution is 7.99. The quantitative estimate of drug-likeness (QED) is 0.468. The minimum atomic E-state index is -0.0564. The van der Waals surface area contributed by atoms with Crippen LogP contribution in [0.3, 0.4) is 0 Å². The van der Waals surface area contributed by atoms with Crippen molar-refractivity contribution in [2.75, 3.05) is 24.7 Å². The Balaban J connectivity index is 1.36. The number of ether oxygens (including phenoxy) is 1. The number of nitrogens with one attached hydrogen (secondary N) is 1. The van der Waals surface area contributed by atoms with Crippen LogP contribution < -0.4 is 11.2 Å². The van der Waals surface area contributed by atoms with Crippen molar-refractivity contribution in [1.29, 1.82) is 0 Å². The molecule has 2 heterocycles. The van der Waals surface area contributed by atoms with E-state index in [1.165, 1.54) is 27.2 Å². The summed E-state index contributed by atoms with van der Waals surface area (Å²) in [7, 11) is 0.